The number of fused-ring (bicyclic) bond motifs is 2. The van der Waals surface area contributed by atoms with Gasteiger partial charge in [-0.2, -0.15) is 0 Å². The molecule has 33 heavy (non-hydrogen) atoms. The first-order chi connectivity index (χ1) is 16.2. The van der Waals surface area contributed by atoms with Crippen LogP contribution in [0.5, 0.6) is 0 Å². The van der Waals surface area contributed by atoms with Crippen LogP contribution in [0, 0.1) is 0 Å². The number of hydrogen-bond donors (Lipinski definition) is 3. The molecule has 0 aliphatic carbocycles. The lowest BCUT2D eigenvalue weighted by molar-refractivity contribution is -0.124. The molecule has 1 aliphatic heterocycles. The standard InChI is InChI=1S/C25H26N6O2/c32-24(29-15-19-13-18-14-26-12-10-20(18)30-19)22-8-9-23-28-16-21(25(33)31(22)23)27-11-4-7-17-5-2-1-3-6-17/h1-3,5-6,10,12-14,16,22,27,30H,4,7-9,11,15H2,(H,29,32)/t22-/m0/s1. The number of rotatable bonds is 8. The van der Waals surface area contributed by atoms with Crippen molar-refractivity contribution in [3.63, 3.8) is 0 Å². The Morgan fingerprint density at radius 1 is 1.18 bits per heavy atom. The maximum atomic E-state index is 13.1. The monoisotopic (exact) mass is 442 g/mol. The molecule has 4 aromatic rings. The van der Waals surface area contributed by atoms with E-state index in [-0.39, 0.29) is 11.5 Å². The second-order valence-electron chi connectivity index (χ2n) is 8.31. The number of carbonyl (C=O) groups excluding carboxylic acids is 1. The first-order valence-electron chi connectivity index (χ1n) is 11.3. The Morgan fingerprint density at radius 2 is 2.06 bits per heavy atom. The fourth-order valence-corrected chi connectivity index (χ4v) is 4.36. The molecular formula is C25H26N6O2. The van der Waals surface area contributed by atoms with E-state index in [9.17, 15) is 9.59 Å². The van der Waals surface area contributed by atoms with Crippen LogP contribution < -0.4 is 16.2 Å². The lowest BCUT2D eigenvalue weighted by atomic mass is 10.1. The fourth-order valence-electron chi connectivity index (χ4n) is 4.36. The normalized spacial score (nSPS) is 14.8. The molecule has 8 nitrogen and oxygen atoms in total. The van der Waals surface area contributed by atoms with Crippen LogP contribution in [0.15, 0.2) is 65.8 Å². The van der Waals surface area contributed by atoms with Crippen molar-refractivity contribution in [2.75, 3.05) is 11.9 Å². The maximum Gasteiger partial charge on any atom is 0.277 e. The maximum absolute atomic E-state index is 13.1. The molecule has 0 saturated heterocycles. The second-order valence-corrected chi connectivity index (χ2v) is 8.31. The minimum Gasteiger partial charge on any atom is -0.379 e. The average molecular weight is 443 g/mol. The Kier molecular flexibility index (Phi) is 5.89. The molecule has 1 amide bonds. The largest absolute Gasteiger partial charge is 0.379 e. The highest BCUT2D eigenvalue weighted by Crippen LogP contribution is 2.23. The van der Waals surface area contributed by atoms with Gasteiger partial charge in [0.15, 0.2) is 0 Å². The van der Waals surface area contributed by atoms with Crippen molar-refractivity contribution in [3.8, 4) is 0 Å². The molecule has 0 bridgehead atoms. The van der Waals surface area contributed by atoms with Crippen molar-refractivity contribution in [2.45, 2.75) is 38.3 Å². The third-order valence-electron chi connectivity index (χ3n) is 6.06. The van der Waals surface area contributed by atoms with Gasteiger partial charge in [0.2, 0.25) is 5.91 Å². The van der Waals surface area contributed by atoms with E-state index >= 15 is 0 Å². The number of nitrogens with zero attached hydrogens (tertiary/aromatic N) is 3. The molecule has 0 radical (unpaired) electrons. The predicted molar refractivity (Wildman–Crippen MR) is 127 cm³/mol. The number of anilines is 1. The molecule has 0 spiro atoms. The number of amides is 1. The van der Waals surface area contributed by atoms with E-state index < -0.39 is 6.04 Å². The van der Waals surface area contributed by atoms with Gasteiger partial charge in [0, 0.05) is 42.0 Å². The molecule has 8 heteroatoms. The summed E-state index contributed by atoms with van der Waals surface area (Å²) in [5, 5.41) is 7.16. The van der Waals surface area contributed by atoms with Crippen LogP contribution in [-0.4, -0.2) is 32.0 Å². The number of carbonyl (C=O) groups is 1. The molecule has 3 aromatic heterocycles. The highest BCUT2D eigenvalue weighted by molar-refractivity contribution is 5.82. The van der Waals surface area contributed by atoms with E-state index in [0.29, 0.717) is 37.4 Å². The molecule has 4 heterocycles. The Bertz CT molecular complexity index is 1290. The Hall–Kier alpha value is -3.94. The lowest BCUT2D eigenvalue weighted by Gasteiger charge is -2.15. The quantitative estimate of drug-likeness (QED) is 0.364. The number of pyridine rings is 1. The van der Waals surface area contributed by atoms with E-state index in [4.69, 9.17) is 0 Å². The van der Waals surface area contributed by atoms with Gasteiger partial charge in [-0.05, 0) is 37.0 Å². The van der Waals surface area contributed by atoms with E-state index in [1.165, 1.54) is 5.56 Å². The molecule has 3 N–H and O–H groups in total. The van der Waals surface area contributed by atoms with Gasteiger partial charge in [-0.3, -0.25) is 19.1 Å². The summed E-state index contributed by atoms with van der Waals surface area (Å²) in [4.78, 5) is 37.9. The predicted octanol–water partition coefficient (Wildman–Crippen LogP) is 2.97. The van der Waals surface area contributed by atoms with E-state index in [1.54, 1.807) is 23.2 Å². The van der Waals surface area contributed by atoms with Gasteiger partial charge >= 0.3 is 0 Å². The molecule has 1 aromatic carbocycles. The summed E-state index contributed by atoms with van der Waals surface area (Å²) in [7, 11) is 0. The number of aromatic amines is 1. The highest BCUT2D eigenvalue weighted by atomic mass is 16.2. The van der Waals surface area contributed by atoms with Gasteiger partial charge in [0.1, 0.15) is 17.6 Å². The number of hydrogen-bond acceptors (Lipinski definition) is 5. The Labute approximate surface area is 191 Å². The van der Waals surface area contributed by atoms with Crippen molar-refractivity contribution >= 4 is 22.5 Å². The van der Waals surface area contributed by atoms with Crippen molar-refractivity contribution in [1.82, 2.24) is 24.8 Å². The summed E-state index contributed by atoms with van der Waals surface area (Å²) in [6, 6.07) is 13.6. The summed E-state index contributed by atoms with van der Waals surface area (Å²) in [6.45, 7) is 1.02. The number of aromatic nitrogens is 4. The van der Waals surface area contributed by atoms with Gasteiger partial charge in [0.25, 0.3) is 5.56 Å². The van der Waals surface area contributed by atoms with Crippen molar-refractivity contribution in [3.05, 3.63) is 88.5 Å². The Balaban J connectivity index is 1.22. The van der Waals surface area contributed by atoms with Crippen LogP contribution in [0.1, 0.15) is 36.0 Å². The molecule has 1 aliphatic rings. The summed E-state index contributed by atoms with van der Waals surface area (Å²) >= 11 is 0. The van der Waals surface area contributed by atoms with E-state index in [1.807, 2.05) is 30.3 Å². The summed E-state index contributed by atoms with van der Waals surface area (Å²) in [5.41, 5.74) is 3.39. The third-order valence-corrected chi connectivity index (χ3v) is 6.06. The highest BCUT2D eigenvalue weighted by Gasteiger charge is 2.31. The summed E-state index contributed by atoms with van der Waals surface area (Å²) in [6.07, 6.45) is 8.11. The number of aryl methyl sites for hydroxylation is 2. The Morgan fingerprint density at radius 3 is 2.91 bits per heavy atom. The third kappa shape index (κ3) is 4.50. The number of benzene rings is 1. The average Bonchev–Trinajstić information content (AvgIpc) is 3.46. The number of H-pyrrole nitrogens is 1. The molecule has 1 atom stereocenters. The first kappa shape index (κ1) is 20.9. The van der Waals surface area contributed by atoms with Crippen LogP contribution in [0.3, 0.4) is 0 Å². The number of nitrogens with one attached hydrogen (secondary N) is 3. The molecule has 0 fully saturated rings. The summed E-state index contributed by atoms with van der Waals surface area (Å²) in [5.74, 6) is 0.488. The second kappa shape index (κ2) is 9.28. The van der Waals surface area contributed by atoms with Crippen LogP contribution >= 0.6 is 0 Å². The zero-order valence-corrected chi connectivity index (χ0v) is 18.3. The zero-order valence-electron chi connectivity index (χ0n) is 18.3. The SMILES string of the molecule is O=C(NCc1cc2cnccc2[nH]1)[C@@H]1CCc2ncc(NCCCc3ccccc3)c(=O)n21. The molecule has 0 unspecified atom stereocenters. The minimum absolute atomic E-state index is 0.171. The molecule has 0 saturated carbocycles. The van der Waals surface area contributed by atoms with Crippen molar-refractivity contribution in [2.24, 2.45) is 0 Å². The molecule has 5 rings (SSSR count). The van der Waals surface area contributed by atoms with Crippen LogP contribution in [0.25, 0.3) is 10.9 Å². The van der Waals surface area contributed by atoms with Gasteiger partial charge in [-0.1, -0.05) is 30.3 Å². The minimum atomic E-state index is -0.544. The van der Waals surface area contributed by atoms with Gasteiger partial charge in [-0.25, -0.2) is 4.98 Å². The zero-order chi connectivity index (χ0) is 22.6. The van der Waals surface area contributed by atoms with Crippen LogP contribution in [-0.2, 0) is 24.2 Å². The van der Waals surface area contributed by atoms with Crippen molar-refractivity contribution in [1.29, 1.82) is 0 Å². The summed E-state index contributed by atoms with van der Waals surface area (Å²) < 4.78 is 1.55. The smallest absolute Gasteiger partial charge is 0.277 e. The van der Waals surface area contributed by atoms with Crippen molar-refractivity contribution < 1.29 is 4.79 Å². The van der Waals surface area contributed by atoms with Gasteiger partial charge in [-0.15, -0.1) is 0 Å². The fraction of sp³-hybridized carbons (Fsp3) is 0.280. The van der Waals surface area contributed by atoms with E-state index in [0.717, 1.165) is 29.4 Å². The first-order valence-corrected chi connectivity index (χ1v) is 11.3. The van der Waals surface area contributed by atoms with Gasteiger partial charge < -0.3 is 15.6 Å². The van der Waals surface area contributed by atoms with Crippen LogP contribution in [0.4, 0.5) is 5.69 Å². The van der Waals surface area contributed by atoms with E-state index in [2.05, 4.69) is 37.7 Å². The molecular weight excluding hydrogens is 416 g/mol. The van der Waals surface area contributed by atoms with Crippen LogP contribution in [0.2, 0.25) is 0 Å². The lowest BCUT2D eigenvalue weighted by Crippen LogP contribution is -2.36. The topological polar surface area (TPSA) is 105 Å². The van der Waals surface area contributed by atoms with Gasteiger partial charge in [0.05, 0.1) is 12.7 Å². The molecule has 168 valence electrons.